The van der Waals surface area contributed by atoms with Gasteiger partial charge in [0.1, 0.15) is 5.54 Å². The highest BCUT2D eigenvalue weighted by atomic mass is 16.5. The molecule has 0 aromatic carbocycles. The van der Waals surface area contributed by atoms with E-state index in [1.807, 2.05) is 4.90 Å². The molecule has 0 spiro atoms. The molecule has 2 saturated heterocycles. The Hall–Kier alpha value is -0.610. The van der Waals surface area contributed by atoms with Gasteiger partial charge in [0.2, 0.25) is 5.91 Å². The van der Waals surface area contributed by atoms with Gasteiger partial charge in [-0.05, 0) is 25.2 Å². The highest BCUT2D eigenvalue weighted by molar-refractivity contribution is 5.89. The maximum Gasteiger partial charge on any atom is 0.243 e. The number of rotatable bonds is 2. The predicted molar refractivity (Wildman–Crippen MR) is 78.1 cm³/mol. The van der Waals surface area contributed by atoms with Crippen LogP contribution in [0.5, 0.6) is 0 Å². The summed E-state index contributed by atoms with van der Waals surface area (Å²) in [5, 5.41) is 0. The molecule has 2 N–H and O–H groups in total. The molecule has 2 heterocycles. The van der Waals surface area contributed by atoms with E-state index in [9.17, 15) is 4.79 Å². The van der Waals surface area contributed by atoms with Crippen molar-refractivity contribution in [3.8, 4) is 0 Å². The van der Waals surface area contributed by atoms with Crippen molar-refractivity contribution in [1.29, 1.82) is 0 Å². The fraction of sp³-hybridized carbons (Fsp3) is 0.938. The highest BCUT2D eigenvalue weighted by Gasteiger charge is 2.70. The quantitative estimate of drug-likeness (QED) is 0.839. The molecule has 0 aromatic rings. The summed E-state index contributed by atoms with van der Waals surface area (Å²) in [6, 6.07) is 0. The number of likely N-dealkylation sites (tertiary alicyclic amines) is 1. The second-order valence-electron chi connectivity index (χ2n) is 7.44. The lowest BCUT2D eigenvalue weighted by Gasteiger charge is -2.65. The van der Waals surface area contributed by atoms with Gasteiger partial charge in [-0.25, -0.2) is 0 Å². The molecule has 3 aliphatic rings. The molecular formula is C16H28N2O2. The Labute approximate surface area is 122 Å². The Bertz CT molecular complexity index is 409. The summed E-state index contributed by atoms with van der Waals surface area (Å²) in [6.45, 7) is 8.99. The zero-order chi connectivity index (χ0) is 14.5. The Morgan fingerprint density at radius 1 is 1.40 bits per heavy atom. The van der Waals surface area contributed by atoms with Crippen LogP contribution in [-0.2, 0) is 9.53 Å². The second-order valence-corrected chi connectivity index (χ2v) is 7.44. The van der Waals surface area contributed by atoms with Crippen LogP contribution in [-0.4, -0.2) is 42.1 Å². The third kappa shape index (κ3) is 1.70. The number of fused-ring (bicyclic) bond motifs is 1. The molecule has 0 aromatic heterocycles. The summed E-state index contributed by atoms with van der Waals surface area (Å²) in [5.41, 5.74) is 5.70. The van der Waals surface area contributed by atoms with E-state index >= 15 is 0 Å². The normalized spacial score (nSPS) is 43.0. The van der Waals surface area contributed by atoms with Crippen LogP contribution in [0.2, 0.25) is 0 Å². The number of ether oxygens (including phenoxy) is 1. The number of hydrogen-bond donors (Lipinski definition) is 1. The van der Waals surface area contributed by atoms with Crippen LogP contribution in [0.1, 0.15) is 46.5 Å². The number of nitrogens with zero attached hydrogens (tertiary/aromatic N) is 1. The fourth-order valence-electron chi connectivity index (χ4n) is 4.62. The van der Waals surface area contributed by atoms with Crippen molar-refractivity contribution < 1.29 is 9.53 Å². The van der Waals surface area contributed by atoms with Crippen LogP contribution >= 0.6 is 0 Å². The maximum absolute atomic E-state index is 13.0. The zero-order valence-corrected chi connectivity index (χ0v) is 13.0. The Balaban J connectivity index is 1.79. The van der Waals surface area contributed by atoms with E-state index in [-0.39, 0.29) is 23.3 Å². The summed E-state index contributed by atoms with van der Waals surface area (Å²) in [7, 11) is 0. The summed E-state index contributed by atoms with van der Waals surface area (Å²) in [5.74, 6) is 1.04. The van der Waals surface area contributed by atoms with E-state index in [1.54, 1.807) is 0 Å². The summed E-state index contributed by atoms with van der Waals surface area (Å²) in [4.78, 5) is 15.0. The molecule has 0 radical (unpaired) electrons. The number of nitrogens with two attached hydrogens (primary N) is 1. The minimum atomic E-state index is -0.722. The minimum absolute atomic E-state index is 0.162. The average molecular weight is 280 g/mol. The van der Waals surface area contributed by atoms with E-state index in [4.69, 9.17) is 10.5 Å². The lowest BCUT2D eigenvalue weighted by atomic mass is 9.46. The molecule has 0 bridgehead atoms. The molecule has 4 heteroatoms. The Morgan fingerprint density at radius 3 is 2.80 bits per heavy atom. The fourth-order valence-corrected chi connectivity index (χ4v) is 4.62. The molecule has 4 unspecified atom stereocenters. The van der Waals surface area contributed by atoms with Gasteiger partial charge >= 0.3 is 0 Å². The molecule has 1 amide bonds. The van der Waals surface area contributed by atoms with Crippen LogP contribution in [0, 0.1) is 17.3 Å². The van der Waals surface area contributed by atoms with Gasteiger partial charge in [0.25, 0.3) is 0 Å². The summed E-state index contributed by atoms with van der Waals surface area (Å²) < 4.78 is 5.89. The van der Waals surface area contributed by atoms with E-state index in [2.05, 4.69) is 20.8 Å². The Morgan fingerprint density at radius 2 is 2.15 bits per heavy atom. The van der Waals surface area contributed by atoms with E-state index in [0.717, 1.165) is 45.4 Å². The van der Waals surface area contributed by atoms with Crippen LogP contribution in [0.15, 0.2) is 0 Å². The van der Waals surface area contributed by atoms with Gasteiger partial charge in [-0.2, -0.15) is 0 Å². The first kappa shape index (κ1) is 14.3. The summed E-state index contributed by atoms with van der Waals surface area (Å²) in [6.07, 6.45) is 4.50. The van der Waals surface area contributed by atoms with Gasteiger partial charge in [0.15, 0.2) is 0 Å². The molecule has 3 fully saturated rings. The highest BCUT2D eigenvalue weighted by Crippen LogP contribution is 2.58. The minimum Gasteiger partial charge on any atom is -0.377 e. The summed E-state index contributed by atoms with van der Waals surface area (Å²) >= 11 is 0. The van der Waals surface area contributed by atoms with Gasteiger partial charge in [-0.1, -0.05) is 27.2 Å². The third-order valence-corrected chi connectivity index (χ3v) is 6.19. The van der Waals surface area contributed by atoms with E-state index in [1.165, 1.54) is 0 Å². The lowest BCUT2D eigenvalue weighted by Crippen LogP contribution is -2.82. The molecular weight excluding hydrogens is 252 g/mol. The first-order chi connectivity index (χ1) is 9.42. The smallest absolute Gasteiger partial charge is 0.243 e. The Kier molecular flexibility index (Phi) is 3.37. The monoisotopic (exact) mass is 280 g/mol. The van der Waals surface area contributed by atoms with Gasteiger partial charge in [0, 0.05) is 31.0 Å². The largest absolute Gasteiger partial charge is 0.377 e. The van der Waals surface area contributed by atoms with Crippen molar-refractivity contribution in [2.45, 2.75) is 58.1 Å². The van der Waals surface area contributed by atoms with Crippen molar-refractivity contribution in [3.63, 3.8) is 0 Å². The first-order valence-electron chi connectivity index (χ1n) is 8.12. The standard InChI is InChI=1S/C16H28N2O2/c1-4-11-7-8-18(10-11)14(19)16(17)12-6-5-9-20-13(12)15(16,2)3/h11-13H,4-10,17H2,1-3H3. The number of amides is 1. The van der Waals surface area contributed by atoms with Crippen molar-refractivity contribution in [2.75, 3.05) is 19.7 Å². The lowest BCUT2D eigenvalue weighted by molar-refractivity contribution is -0.229. The van der Waals surface area contributed by atoms with Gasteiger partial charge < -0.3 is 15.4 Å². The average Bonchev–Trinajstić information content (AvgIpc) is 2.94. The van der Waals surface area contributed by atoms with Crippen molar-refractivity contribution in [1.82, 2.24) is 4.90 Å². The van der Waals surface area contributed by atoms with Gasteiger partial charge in [-0.3, -0.25) is 4.79 Å². The number of carbonyl (C=O) groups excluding carboxylic acids is 1. The maximum atomic E-state index is 13.0. The molecule has 4 nitrogen and oxygen atoms in total. The van der Waals surface area contributed by atoms with Crippen molar-refractivity contribution in [3.05, 3.63) is 0 Å². The van der Waals surface area contributed by atoms with Crippen LogP contribution < -0.4 is 5.73 Å². The molecule has 1 aliphatic carbocycles. The molecule has 1 saturated carbocycles. The van der Waals surface area contributed by atoms with Crippen molar-refractivity contribution >= 4 is 5.91 Å². The second kappa shape index (κ2) is 4.70. The SMILES string of the molecule is CCC1CCN(C(=O)C2(N)C3CCCOC3C2(C)C)C1. The molecule has 114 valence electrons. The number of hydrogen-bond acceptors (Lipinski definition) is 3. The third-order valence-electron chi connectivity index (χ3n) is 6.19. The predicted octanol–water partition coefficient (Wildman–Crippen LogP) is 1.78. The van der Waals surface area contributed by atoms with Gasteiger partial charge in [0.05, 0.1) is 6.10 Å². The first-order valence-corrected chi connectivity index (χ1v) is 8.12. The van der Waals surface area contributed by atoms with Crippen LogP contribution in [0.25, 0.3) is 0 Å². The van der Waals surface area contributed by atoms with Crippen molar-refractivity contribution in [2.24, 2.45) is 23.0 Å². The topological polar surface area (TPSA) is 55.6 Å². The zero-order valence-electron chi connectivity index (χ0n) is 13.0. The van der Waals surface area contributed by atoms with E-state index in [0.29, 0.717) is 5.92 Å². The molecule has 20 heavy (non-hydrogen) atoms. The van der Waals surface area contributed by atoms with E-state index < -0.39 is 5.54 Å². The van der Waals surface area contributed by atoms with Crippen LogP contribution in [0.3, 0.4) is 0 Å². The molecule has 3 rings (SSSR count). The number of carbonyl (C=O) groups is 1. The van der Waals surface area contributed by atoms with Gasteiger partial charge in [-0.15, -0.1) is 0 Å². The molecule has 4 atom stereocenters. The van der Waals surface area contributed by atoms with Crippen LogP contribution in [0.4, 0.5) is 0 Å². The molecule has 2 aliphatic heterocycles.